The second-order valence-corrected chi connectivity index (χ2v) is 8.24. The molecule has 1 aromatic rings. The van der Waals surface area contributed by atoms with Crippen LogP contribution in [0.1, 0.15) is 38.5 Å². The summed E-state index contributed by atoms with van der Waals surface area (Å²) in [7, 11) is 0. The van der Waals surface area contributed by atoms with Crippen molar-refractivity contribution in [3.05, 3.63) is 30.3 Å². The molecule has 1 unspecified atom stereocenters. The lowest BCUT2D eigenvalue weighted by Crippen LogP contribution is -2.61. The SMILES string of the molecule is FC(F)(F)C(F)(F)C(F)(F)C(F)(F)CC(Sc1ccccc1)C1CCCCC1. The fraction of sp³-hybridized carbons (Fsp3) is 0.667. The Morgan fingerprint density at radius 2 is 1.32 bits per heavy atom. The van der Waals surface area contributed by atoms with Crippen LogP contribution in [0.25, 0.3) is 0 Å². The van der Waals surface area contributed by atoms with E-state index in [1.807, 2.05) is 0 Å². The van der Waals surface area contributed by atoms with Crippen LogP contribution in [-0.2, 0) is 0 Å². The van der Waals surface area contributed by atoms with Gasteiger partial charge in [0.25, 0.3) is 0 Å². The monoisotopic (exact) mass is 438 g/mol. The smallest absolute Gasteiger partial charge is 0.200 e. The first-order valence-corrected chi connectivity index (χ1v) is 9.59. The largest absolute Gasteiger partial charge is 0.460 e. The zero-order valence-electron chi connectivity index (χ0n) is 14.6. The van der Waals surface area contributed by atoms with Crippen LogP contribution < -0.4 is 0 Å². The number of hydrogen-bond donors (Lipinski definition) is 0. The fourth-order valence-electron chi connectivity index (χ4n) is 3.27. The van der Waals surface area contributed by atoms with Crippen molar-refractivity contribution in [1.29, 1.82) is 0 Å². The van der Waals surface area contributed by atoms with E-state index >= 15 is 0 Å². The first-order chi connectivity index (χ1) is 12.8. The molecule has 0 saturated heterocycles. The van der Waals surface area contributed by atoms with E-state index in [4.69, 9.17) is 0 Å². The maximum atomic E-state index is 14.2. The highest BCUT2D eigenvalue weighted by Crippen LogP contribution is 2.55. The minimum atomic E-state index is -6.84. The van der Waals surface area contributed by atoms with Crippen molar-refractivity contribution in [2.75, 3.05) is 0 Å². The molecule has 0 bridgehead atoms. The Balaban J connectivity index is 2.30. The second-order valence-electron chi connectivity index (χ2n) is 6.92. The predicted molar refractivity (Wildman–Crippen MR) is 88.2 cm³/mol. The molecule has 28 heavy (non-hydrogen) atoms. The molecular weight excluding hydrogens is 419 g/mol. The van der Waals surface area contributed by atoms with Crippen molar-refractivity contribution in [3.8, 4) is 0 Å². The van der Waals surface area contributed by atoms with Crippen LogP contribution in [0.4, 0.5) is 39.5 Å². The van der Waals surface area contributed by atoms with E-state index in [2.05, 4.69) is 0 Å². The van der Waals surface area contributed by atoms with Gasteiger partial charge in [0.1, 0.15) is 0 Å². The Labute approximate surface area is 160 Å². The van der Waals surface area contributed by atoms with Crippen molar-refractivity contribution in [2.45, 2.75) is 72.6 Å². The maximum Gasteiger partial charge on any atom is 0.460 e. The molecule has 10 heteroatoms. The van der Waals surface area contributed by atoms with Gasteiger partial charge < -0.3 is 0 Å². The Kier molecular flexibility index (Phi) is 6.93. The lowest BCUT2D eigenvalue weighted by Gasteiger charge is -2.37. The molecule has 0 N–H and O–H groups in total. The molecule has 0 aromatic heterocycles. The Hall–Kier alpha value is -1.06. The summed E-state index contributed by atoms with van der Waals surface area (Å²) < 4.78 is 119. The zero-order chi connectivity index (χ0) is 21.2. The average molecular weight is 438 g/mol. The predicted octanol–water partition coefficient (Wildman–Crippen LogP) is 7.59. The third-order valence-electron chi connectivity index (χ3n) is 4.87. The molecule has 1 saturated carbocycles. The molecule has 1 aliphatic carbocycles. The van der Waals surface area contributed by atoms with Gasteiger partial charge in [0, 0.05) is 16.6 Å². The molecule has 0 spiro atoms. The molecule has 0 aliphatic heterocycles. The number of halogens is 9. The van der Waals surface area contributed by atoms with Gasteiger partial charge >= 0.3 is 23.9 Å². The highest BCUT2D eigenvalue weighted by Gasteiger charge is 2.81. The van der Waals surface area contributed by atoms with Crippen molar-refractivity contribution in [1.82, 2.24) is 0 Å². The number of hydrogen-bond acceptors (Lipinski definition) is 1. The van der Waals surface area contributed by atoms with Crippen molar-refractivity contribution in [2.24, 2.45) is 5.92 Å². The fourth-order valence-corrected chi connectivity index (χ4v) is 4.69. The molecule has 0 radical (unpaired) electrons. The van der Waals surface area contributed by atoms with Crippen LogP contribution in [0.5, 0.6) is 0 Å². The molecule has 0 amide bonds. The summed E-state index contributed by atoms with van der Waals surface area (Å²) in [5.74, 6) is -19.4. The third kappa shape index (κ3) is 4.74. The summed E-state index contributed by atoms with van der Waals surface area (Å²) in [5.41, 5.74) is 0. The topological polar surface area (TPSA) is 0 Å². The molecule has 1 aliphatic rings. The average Bonchev–Trinajstić information content (AvgIpc) is 2.61. The summed E-state index contributed by atoms with van der Waals surface area (Å²) in [6.45, 7) is 0. The van der Waals surface area contributed by atoms with Crippen molar-refractivity contribution < 1.29 is 39.5 Å². The summed E-state index contributed by atoms with van der Waals surface area (Å²) in [4.78, 5) is 0.458. The maximum absolute atomic E-state index is 14.2. The molecule has 160 valence electrons. The highest BCUT2D eigenvalue weighted by atomic mass is 32.2. The van der Waals surface area contributed by atoms with E-state index in [1.165, 1.54) is 0 Å². The molecule has 1 aromatic carbocycles. The van der Waals surface area contributed by atoms with E-state index in [0.29, 0.717) is 30.6 Å². The van der Waals surface area contributed by atoms with E-state index in [0.717, 1.165) is 18.2 Å². The molecular formula is C18H19F9S. The van der Waals surface area contributed by atoms with E-state index in [1.54, 1.807) is 30.3 Å². The molecule has 2 rings (SSSR count). The van der Waals surface area contributed by atoms with Crippen LogP contribution in [0.3, 0.4) is 0 Å². The number of benzene rings is 1. The van der Waals surface area contributed by atoms with Crippen LogP contribution in [0, 0.1) is 5.92 Å². The minimum Gasteiger partial charge on any atom is -0.200 e. The molecule has 1 fully saturated rings. The zero-order valence-corrected chi connectivity index (χ0v) is 15.4. The van der Waals surface area contributed by atoms with Crippen LogP contribution in [-0.4, -0.2) is 29.2 Å². The van der Waals surface area contributed by atoms with Crippen LogP contribution in [0.15, 0.2) is 35.2 Å². The second kappa shape index (κ2) is 8.36. The third-order valence-corrected chi connectivity index (χ3v) is 6.27. The van der Waals surface area contributed by atoms with Gasteiger partial charge in [-0.1, -0.05) is 37.5 Å². The van der Waals surface area contributed by atoms with Gasteiger partial charge in [0.2, 0.25) is 0 Å². The molecule has 0 nitrogen and oxygen atoms in total. The van der Waals surface area contributed by atoms with Gasteiger partial charge in [-0.25, -0.2) is 0 Å². The number of rotatable bonds is 7. The van der Waals surface area contributed by atoms with Crippen LogP contribution in [0.2, 0.25) is 0 Å². The van der Waals surface area contributed by atoms with Gasteiger partial charge in [-0.3, -0.25) is 0 Å². The quantitative estimate of drug-likeness (QED) is 0.312. The standard InChI is InChI=1S/C18H19F9S/c19-15(20,16(21,22)17(23,24)18(25,26)27)11-14(12-7-3-1-4-8-12)28-13-9-5-2-6-10-13/h2,5-6,9-10,12,14H,1,3-4,7-8,11H2. The Bertz CT molecular complexity index is 622. The lowest BCUT2D eigenvalue weighted by atomic mass is 9.84. The Morgan fingerprint density at radius 1 is 0.786 bits per heavy atom. The summed E-state index contributed by atoms with van der Waals surface area (Å²) in [6, 6.07) is 7.91. The van der Waals surface area contributed by atoms with Gasteiger partial charge in [-0.2, -0.15) is 39.5 Å². The van der Waals surface area contributed by atoms with Gasteiger partial charge in [-0.05, 0) is 30.9 Å². The van der Waals surface area contributed by atoms with E-state index in [-0.39, 0.29) is 0 Å². The van der Waals surface area contributed by atoms with Crippen LogP contribution >= 0.6 is 11.8 Å². The van der Waals surface area contributed by atoms with Crippen molar-refractivity contribution >= 4 is 11.8 Å². The van der Waals surface area contributed by atoms with Gasteiger partial charge in [-0.15, -0.1) is 11.8 Å². The van der Waals surface area contributed by atoms with Gasteiger partial charge in [0.15, 0.2) is 0 Å². The Morgan fingerprint density at radius 3 is 1.82 bits per heavy atom. The normalized spacial score (nSPS) is 18.9. The summed E-state index contributed by atoms with van der Waals surface area (Å²) >= 11 is 0.817. The summed E-state index contributed by atoms with van der Waals surface area (Å²) in [6.07, 6.45) is -5.53. The van der Waals surface area contributed by atoms with E-state index < -0.39 is 41.5 Å². The first-order valence-electron chi connectivity index (χ1n) is 8.71. The summed E-state index contributed by atoms with van der Waals surface area (Å²) in [5, 5.41) is -1.22. The van der Waals surface area contributed by atoms with Gasteiger partial charge in [0.05, 0.1) is 0 Å². The molecule has 1 atom stereocenters. The number of alkyl halides is 9. The number of thioether (sulfide) groups is 1. The highest BCUT2D eigenvalue weighted by molar-refractivity contribution is 8.00. The molecule has 0 heterocycles. The first kappa shape index (κ1) is 23.2. The lowest BCUT2D eigenvalue weighted by molar-refractivity contribution is -0.396. The minimum absolute atomic E-state index is 0.432. The van der Waals surface area contributed by atoms with Crippen molar-refractivity contribution in [3.63, 3.8) is 0 Å². The van der Waals surface area contributed by atoms with E-state index in [9.17, 15) is 39.5 Å².